The lowest BCUT2D eigenvalue weighted by atomic mass is 10.4. The predicted octanol–water partition coefficient (Wildman–Crippen LogP) is 2.34. The highest BCUT2D eigenvalue weighted by atomic mass is 35.5. The monoisotopic (exact) mass is 252 g/mol. The first-order valence-electron chi connectivity index (χ1n) is 3.94. The number of hydrogen-bond donors (Lipinski definition) is 1. The standard InChI is InChI=1S/C7H10Cl2N4S/c1-4(3-14-2)10-7-12-5(8)11-6(9)13-7/h4H,3H2,1-2H3,(H,10,11,12,13). The Morgan fingerprint density at radius 2 is 1.86 bits per heavy atom. The summed E-state index contributed by atoms with van der Waals surface area (Å²) in [7, 11) is 0. The van der Waals surface area contributed by atoms with Gasteiger partial charge in [0.1, 0.15) is 0 Å². The minimum absolute atomic E-state index is 0.101. The minimum Gasteiger partial charge on any atom is -0.351 e. The molecule has 0 amide bonds. The van der Waals surface area contributed by atoms with E-state index in [2.05, 4.69) is 20.3 Å². The first-order chi connectivity index (χ1) is 6.61. The van der Waals surface area contributed by atoms with E-state index in [9.17, 15) is 0 Å². The van der Waals surface area contributed by atoms with E-state index in [4.69, 9.17) is 23.2 Å². The quantitative estimate of drug-likeness (QED) is 0.892. The van der Waals surface area contributed by atoms with E-state index in [1.54, 1.807) is 11.8 Å². The molecule has 78 valence electrons. The van der Waals surface area contributed by atoms with Gasteiger partial charge in [0.15, 0.2) is 0 Å². The zero-order valence-electron chi connectivity index (χ0n) is 7.79. The van der Waals surface area contributed by atoms with Crippen LogP contribution in [0, 0.1) is 0 Å². The van der Waals surface area contributed by atoms with Crippen molar-refractivity contribution in [2.45, 2.75) is 13.0 Å². The topological polar surface area (TPSA) is 50.7 Å². The van der Waals surface area contributed by atoms with Gasteiger partial charge in [0.05, 0.1) is 0 Å². The van der Waals surface area contributed by atoms with Crippen LogP contribution < -0.4 is 5.32 Å². The molecule has 0 spiro atoms. The van der Waals surface area contributed by atoms with Gasteiger partial charge in [-0.25, -0.2) is 0 Å². The molecular formula is C7H10Cl2N4S. The molecule has 0 saturated heterocycles. The van der Waals surface area contributed by atoms with Crippen LogP contribution in [0.1, 0.15) is 6.92 Å². The van der Waals surface area contributed by atoms with E-state index in [1.807, 2.05) is 13.2 Å². The van der Waals surface area contributed by atoms with Gasteiger partial charge < -0.3 is 5.32 Å². The maximum Gasteiger partial charge on any atom is 0.228 e. The molecule has 0 radical (unpaired) electrons. The molecule has 0 aliphatic rings. The summed E-state index contributed by atoms with van der Waals surface area (Å²) in [5.41, 5.74) is 0. The Labute approximate surface area is 96.8 Å². The average molecular weight is 253 g/mol. The second kappa shape index (κ2) is 5.58. The molecule has 1 N–H and O–H groups in total. The molecule has 1 heterocycles. The normalized spacial score (nSPS) is 12.6. The van der Waals surface area contributed by atoms with Gasteiger partial charge >= 0.3 is 0 Å². The fraction of sp³-hybridized carbons (Fsp3) is 0.571. The highest BCUT2D eigenvalue weighted by Gasteiger charge is 2.06. The van der Waals surface area contributed by atoms with E-state index in [-0.39, 0.29) is 16.6 Å². The molecule has 0 bridgehead atoms. The van der Waals surface area contributed by atoms with Gasteiger partial charge in [-0.1, -0.05) is 0 Å². The molecule has 0 aliphatic carbocycles. The van der Waals surface area contributed by atoms with Crippen molar-refractivity contribution in [3.8, 4) is 0 Å². The maximum absolute atomic E-state index is 5.62. The smallest absolute Gasteiger partial charge is 0.228 e. The van der Waals surface area contributed by atoms with Crippen LogP contribution in [0.15, 0.2) is 0 Å². The van der Waals surface area contributed by atoms with Crippen molar-refractivity contribution >= 4 is 40.9 Å². The summed E-state index contributed by atoms with van der Waals surface area (Å²) in [5, 5.41) is 3.27. The first-order valence-corrected chi connectivity index (χ1v) is 6.09. The molecule has 0 aromatic carbocycles. The number of anilines is 1. The summed E-state index contributed by atoms with van der Waals surface area (Å²) in [5.74, 6) is 1.37. The van der Waals surface area contributed by atoms with E-state index in [0.29, 0.717) is 5.95 Å². The van der Waals surface area contributed by atoms with Gasteiger partial charge in [-0.3, -0.25) is 0 Å². The highest BCUT2D eigenvalue weighted by Crippen LogP contribution is 2.11. The molecule has 14 heavy (non-hydrogen) atoms. The lowest BCUT2D eigenvalue weighted by Gasteiger charge is -2.11. The third-order valence-electron chi connectivity index (χ3n) is 1.37. The molecule has 7 heteroatoms. The van der Waals surface area contributed by atoms with Gasteiger partial charge in [0, 0.05) is 11.8 Å². The lowest BCUT2D eigenvalue weighted by molar-refractivity contribution is 0.878. The third-order valence-corrected chi connectivity index (χ3v) is 2.54. The molecular weight excluding hydrogens is 243 g/mol. The average Bonchev–Trinajstić information content (AvgIpc) is 2.01. The third kappa shape index (κ3) is 3.86. The van der Waals surface area contributed by atoms with Crippen molar-refractivity contribution in [1.82, 2.24) is 15.0 Å². The Morgan fingerprint density at radius 1 is 1.29 bits per heavy atom. The largest absolute Gasteiger partial charge is 0.351 e. The zero-order chi connectivity index (χ0) is 10.6. The Hall–Kier alpha value is -0.260. The van der Waals surface area contributed by atoms with Crippen LogP contribution in [0.4, 0.5) is 5.95 Å². The van der Waals surface area contributed by atoms with Crippen LogP contribution in [0.2, 0.25) is 10.6 Å². The molecule has 1 atom stereocenters. The van der Waals surface area contributed by atoms with E-state index in [1.165, 1.54) is 0 Å². The number of hydrogen-bond acceptors (Lipinski definition) is 5. The van der Waals surface area contributed by atoms with Crippen molar-refractivity contribution in [3.05, 3.63) is 10.6 Å². The maximum atomic E-state index is 5.62. The van der Waals surface area contributed by atoms with Gasteiger partial charge in [-0.2, -0.15) is 26.7 Å². The van der Waals surface area contributed by atoms with Crippen molar-refractivity contribution < 1.29 is 0 Å². The summed E-state index contributed by atoms with van der Waals surface area (Å²) in [6.45, 7) is 2.03. The molecule has 0 fully saturated rings. The van der Waals surface area contributed by atoms with Crippen LogP contribution >= 0.6 is 35.0 Å². The molecule has 1 rings (SSSR count). The van der Waals surface area contributed by atoms with Gasteiger partial charge in [0.2, 0.25) is 16.5 Å². The SMILES string of the molecule is CSCC(C)Nc1nc(Cl)nc(Cl)n1. The number of nitrogens with zero attached hydrogens (tertiary/aromatic N) is 3. The summed E-state index contributed by atoms with van der Waals surface area (Å²) in [6, 6.07) is 0.263. The first kappa shape index (κ1) is 11.8. The van der Waals surface area contributed by atoms with Crippen LogP contribution in [-0.4, -0.2) is 33.0 Å². The van der Waals surface area contributed by atoms with Gasteiger partial charge in [-0.05, 0) is 36.4 Å². The van der Waals surface area contributed by atoms with E-state index in [0.717, 1.165) is 5.75 Å². The van der Waals surface area contributed by atoms with Gasteiger partial charge in [0.25, 0.3) is 0 Å². The fourth-order valence-electron chi connectivity index (χ4n) is 0.903. The summed E-state index contributed by atoms with van der Waals surface area (Å²) < 4.78 is 0. The fourth-order valence-corrected chi connectivity index (χ4v) is 1.85. The lowest BCUT2D eigenvalue weighted by Crippen LogP contribution is -2.19. The molecule has 4 nitrogen and oxygen atoms in total. The minimum atomic E-state index is 0.101. The summed E-state index contributed by atoms with van der Waals surface area (Å²) in [6.07, 6.45) is 2.03. The van der Waals surface area contributed by atoms with E-state index < -0.39 is 0 Å². The van der Waals surface area contributed by atoms with Crippen molar-refractivity contribution in [1.29, 1.82) is 0 Å². The van der Waals surface area contributed by atoms with Crippen molar-refractivity contribution in [3.63, 3.8) is 0 Å². The van der Waals surface area contributed by atoms with Crippen molar-refractivity contribution in [2.24, 2.45) is 0 Å². The molecule has 1 unspecified atom stereocenters. The summed E-state index contributed by atoms with van der Waals surface area (Å²) in [4.78, 5) is 11.4. The number of nitrogens with one attached hydrogen (secondary N) is 1. The second-order valence-electron chi connectivity index (χ2n) is 2.70. The Morgan fingerprint density at radius 3 is 2.36 bits per heavy atom. The van der Waals surface area contributed by atoms with Crippen LogP contribution in [0.25, 0.3) is 0 Å². The zero-order valence-corrected chi connectivity index (χ0v) is 10.1. The number of aromatic nitrogens is 3. The Bertz CT molecular complexity index is 289. The molecule has 1 aromatic heterocycles. The Kier molecular flexibility index (Phi) is 4.71. The Balaban J connectivity index is 2.66. The molecule has 0 aliphatic heterocycles. The molecule has 1 aromatic rings. The number of thioether (sulfide) groups is 1. The van der Waals surface area contributed by atoms with E-state index >= 15 is 0 Å². The van der Waals surface area contributed by atoms with Gasteiger partial charge in [-0.15, -0.1) is 0 Å². The highest BCUT2D eigenvalue weighted by molar-refractivity contribution is 7.98. The second-order valence-corrected chi connectivity index (χ2v) is 4.28. The van der Waals surface area contributed by atoms with Crippen LogP contribution in [0.3, 0.4) is 0 Å². The molecule has 0 saturated carbocycles. The van der Waals surface area contributed by atoms with Crippen LogP contribution in [-0.2, 0) is 0 Å². The van der Waals surface area contributed by atoms with Crippen LogP contribution in [0.5, 0.6) is 0 Å². The summed E-state index contributed by atoms with van der Waals surface area (Å²) >= 11 is 13.0. The number of rotatable bonds is 4. The van der Waals surface area contributed by atoms with Crippen molar-refractivity contribution in [2.75, 3.05) is 17.3 Å². The predicted molar refractivity (Wildman–Crippen MR) is 61.3 cm³/mol. The number of halogens is 2.